The minimum atomic E-state index is -0.724. The van der Waals surface area contributed by atoms with E-state index in [1.54, 1.807) is 13.4 Å². The number of nitrogens with one attached hydrogen (secondary N) is 2. The van der Waals surface area contributed by atoms with Crippen LogP contribution in [-0.4, -0.2) is 57.5 Å². The highest BCUT2D eigenvalue weighted by Crippen LogP contribution is 2.71. The fourth-order valence-electron chi connectivity index (χ4n) is 4.98. The van der Waals surface area contributed by atoms with Crippen molar-refractivity contribution in [1.29, 1.82) is 0 Å². The molecule has 0 radical (unpaired) electrons. The molecule has 3 heterocycles. The van der Waals surface area contributed by atoms with Crippen LogP contribution in [0.1, 0.15) is 26.3 Å². The minimum Gasteiger partial charge on any atom is -0.371 e. The number of imidazole rings is 1. The summed E-state index contributed by atoms with van der Waals surface area (Å²) in [4.78, 5) is 26.3. The molecule has 27 heavy (non-hydrogen) atoms. The summed E-state index contributed by atoms with van der Waals surface area (Å²) < 4.78 is 15.1. The lowest BCUT2D eigenvalue weighted by Gasteiger charge is -2.24. The van der Waals surface area contributed by atoms with Gasteiger partial charge in [-0.1, -0.05) is 0 Å². The van der Waals surface area contributed by atoms with Crippen LogP contribution in [0.5, 0.6) is 0 Å². The highest BCUT2D eigenvalue weighted by molar-refractivity contribution is 14.1. The van der Waals surface area contributed by atoms with Gasteiger partial charge in [-0.2, -0.15) is 0 Å². The van der Waals surface area contributed by atoms with Crippen LogP contribution in [0.15, 0.2) is 6.33 Å². The first kappa shape index (κ1) is 17.6. The van der Waals surface area contributed by atoms with Crippen LogP contribution in [0.3, 0.4) is 0 Å². The summed E-state index contributed by atoms with van der Waals surface area (Å²) in [6.07, 6.45) is 2.06. The van der Waals surface area contributed by atoms with Gasteiger partial charge in [0.15, 0.2) is 26.6 Å². The number of carbonyl (C=O) groups is 1. The maximum atomic E-state index is 12.8. The van der Waals surface area contributed by atoms with E-state index in [0.29, 0.717) is 15.2 Å². The Hall–Kier alpha value is -1.53. The standard InChI is InChI=1S/C17H21IN6O3/c1-16(2)26-10-9(7-5-17(7,11(10)27-16)14(25)20-4)24-6-21-8-12(19-3)22-15(18)23-13(8)24/h6-7,9-11H,5H2,1-4H3,(H,20,25)(H,19,22,23)/t7?,9-,10+,11+,17?/m1/s1. The quantitative estimate of drug-likeness (QED) is 0.500. The average molecular weight is 484 g/mol. The van der Waals surface area contributed by atoms with Gasteiger partial charge in [-0.25, -0.2) is 15.0 Å². The van der Waals surface area contributed by atoms with E-state index in [-0.39, 0.29) is 30.1 Å². The van der Waals surface area contributed by atoms with Crippen LogP contribution < -0.4 is 10.6 Å². The number of hydrogen-bond acceptors (Lipinski definition) is 7. The normalized spacial score (nSPS) is 35.7. The van der Waals surface area contributed by atoms with Crippen molar-refractivity contribution in [2.45, 2.75) is 44.3 Å². The van der Waals surface area contributed by atoms with Crippen molar-refractivity contribution >= 4 is 45.5 Å². The Morgan fingerprint density at radius 3 is 2.81 bits per heavy atom. The summed E-state index contributed by atoms with van der Waals surface area (Å²) in [5.41, 5.74) is 0.918. The van der Waals surface area contributed by atoms with E-state index < -0.39 is 11.2 Å². The molecular weight excluding hydrogens is 463 g/mol. The largest absolute Gasteiger partial charge is 0.371 e. The second-order valence-electron chi connectivity index (χ2n) is 7.86. The molecule has 144 valence electrons. The van der Waals surface area contributed by atoms with Gasteiger partial charge in [0.25, 0.3) is 0 Å². The molecule has 2 aliphatic carbocycles. The third-order valence-electron chi connectivity index (χ3n) is 6.05. The molecule has 0 spiro atoms. The summed E-state index contributed by atoms with van der Waals surface area (Å²) >= 11 is 2.10. The fourth-order valence-corrected chi connectivity index (χ4v) is 5.45. The molecule has 5 atom stereocenters. The zero-order chi connectivity index (χ0) is 19.1. The van der Waals surface area contributed by atoms with Gasteiger partial charge in [-0.15, -0.1) is 0 Å². The number of nitrogens with zero attached hydrogens (tertiary/aromatic N) is 4. The summed E-state index contributed by atoms with van der Waals surface area (Å²) in [5, 5.41) is 5.90. The molecule has 10 heteroatoms. The van der Waals surface area contributed by atoms with Crippen molar-refractivity contribution in [1.82, 2.24) is 24.8 Å². The molecular formula is C17H21IN6O3. The van der Waals surface area contributed by atoms with Crippen LogP contribution in [0.2, 0.25) is 0 Å². The molecule has 3 aliphatic rings. The first-order valence-corrected chi connectivity index (χ1v) is 10.1. The van der Waals surface area contributed by atoms with E-state index in [1.165, 1.54) is 0 Å². The van der Waals surface area contributed by atoms with Gasteiger partial charge >= 0.3 is 0 Å². The lowest BCUT2D eigenvalue weighted by molar-refractivity contribution is -0.164. The van der Waals surface area contributed by atoms with Gasteiger partial charge in [0.1, 0.15) is 12.2 Å². The zero-order valence-electron chi connectivity index (χ0n) is 15.5. The highest BCUT2D eigenvalue weighted by atomic mass is 127. The second-order valence-corrected chi connectivity index (χ2v) is 8.82. The topological polar surface area (TPSA) is 103 Å². The van der Waals surface area contributed by atoms with Crippen molar-refractivity contribution in [2.75, 3.05) is 19.4 Å². The SMILES string of the molecule is CNC(=O)C12CC1[C@@H](n1cnc3c(NC)nc(I)nc31)[C@@H]1OC(C)(C)O[C@@H]12. The lowest BCUT2D eigenvalue weighted by atomic mass is 9.98. The fraction of sp³-hybridized carbons (Fsp3) is 0.647. The van der Waals surface area contributed by atoms with Crippen LogP contribution in [-0.2, 0) is 14.3 Å². The Kier molecular flexibility index (Phi) is 3.58. The number of rotatable bonds is 3. The molecule has 2 aromatic heterocycles. The molecule has 1 amide bonds. The number of amides is 1. The van der Waals surface area contributed by atoms with Gasteiger partial charge in [0.05, 0.1) is 17.8 Å². The third-order valence-corrected chi connectivity index (χ3v) is 6.53. The first-order chi connectivity index (χ1) is 12.8. The molecule has 1 aliphatic heterocycles. The number of fused-ring (bicyclic) bond motifs is 4. The molecule has 0 aromatic carbocycles. The monoisotopic (exact) mass is 484 g/mol. The zero-order valence-corrected chi connectivity index (χ0v) is 17.6. The maximum absolute atomic E-state index is 12.8. The summed E-state index contributed by atoms with van der Waals surface area (Å²) in [6.45, 7) is 3.79. The van der Waals surface area contributed by atoms with E-state index in [9.17, 15) is 4.79 Å². The molecule has 9 nitrogen and oxygen atoms in total. The van der Waals surface area contributed by atoms with Gasteiger partial charge in [-0.3, -0.25) is 4.79 Å². The lowest BCUT2D eigenvalue weighted by Crippen LogP contribution is -2.40. The van der Waals surface area contributed by atoms with Crippen molar-refractivity contribution in [3.8, 4) is 0 Å². The first-order valence-electron chi connectivity index (χ1n) is 8.98. The van der Waals surface area contributed by atoms with Gasteiger partial charge in [-0.05, 0) is 20.3 Å². The molecule has 2 aromatic rings. The maximum Gasteiger partial charge on any atom is 0.229 e. The number of anilines is 1. The molecule has 2 saturated carbocycles. The van der Waals surface area contributed by atoms with Crippen molar-refractivity contribution in [3.05, 3.63) is 10.2 Å². The molecule has 5 rings (SSSR count). The summed E-state index contributed by atoms with van der Waals surface area (Å²) in [6, 6.07) is -0.0607. The van der Waals surface area contributed by atoms with Gasteiger partial charge in [0, 0.05) is 42.6 Å². The molecule has 2 N–H and O–H groups in total. The van der Waals surface area contributed by atoms with Crippen molar-refractivity contribution in [3.63, 3.8) is 0 Å². The van der Waals surface area contributed by atoms with Gasteiger partial charge in [0.2, 0.25) is 5.91 Å². The van der Waals surface area contributed by atoms with E-state index in [4.69, 9.17) is 9.47 Å². The molecule has 1 saturated heterocycles. The number of hydrogen-bond donors (Lipinski definition) is 2. The van der Waals surface area contributed by atoms with Crippen LogP contribution >= 0.6 is 22.6 Å². The van der Waals surface area contributed by atoms with E-state index in [1.807, 2.05) is 25.5 Å². The predicted octanol–water partition coefficient (Wildman–Crippen LogP) is 1.30. The van der Waals surface area contributed by atoms with E-state index in [0.717, 1.165) is 12.1 Å². The van der Waals surface area contributed by atoms with E-state index >= 15 is 0 Å². The number of aromatic nitrogens is 4. The Morgan fingerprint density at radius 2 is 2.11 bits per heavy atom. The average Bonchev–Trinajstić information content (AvgIpc) is 2.95. The van der Waals surface area contributed by atoms with E-state index in [2.05, 4.69) is 48.2 Å². The van der Waals surface area contributed by atoms with Crippen molar-refractivity contribution in [2.24, 2.45) is 11.3 Å². The highest BCUT2D eigenvalue weighted by Gasteiger charge is 2.79. The smallest absolute Gasteiger partial charge is 0.229 e. The van der Waals surface area contributed by atoms with Gasteiger partial charge < -0.3 is 24.7 Å². The van der Waals surface area contributed by atoms with Crippen LogP contribution in [0.4, 0.5) is 5.82 Å². The Morgan fingerprint density at radius 1 is 1.33 bits per heavy atom. The summed E-state index contributed by atoms with van der Waals surface area (Å²) in [5.74, 6) is 0.121. The molecule has 2 unspecified atom stereocenters. The number of halogens is 1. The van der Waals surface area contributed by atoms with Crippen LogP contribution in [0.25, 0.3) is 11.2 Å². The summed E-state index contributed by atoms with van der Waals surface area (Å²) in [7, 11) is 3.49. The molecule has 3 fully saturated rings. The molecule has 0 bridgehead atoms. The predicted molar refractivity (Wildman–Crippen MR) is 105 cm³/mol. The number of carbonyl (C=O) groups excluding carboxylic acids is 1. The van der Waals surface area contributed by atoms with Crippen LogP contribution in [0, 0.1) is 15.2 Å². The second kappa shape index (κ2) is 5.51. The minimum absolute atomic E-state index is 0.0239. The number of ether oxygens (including phenoxy) is 2. The Balaban J connectivity index is 1.65. The Bertz CT molecular complexity index is 962. The third kappa shape index (κ3) is 2.23. The van der Waals surface area contributed by atoms with Crippen molar-refractivity contribution < 1.29 is 14.3 Å². The Labute approximate surface area is 169 Å².